The smallest absolute Gasteiger partial charge is 0.324 e. The average molecular weight is 226 g/mol. The first-order valence-corrected chi connectivity index (χ1v) is 5.33. The Kier molecular flexibility index (Phi) is 6.20. The van der Waals surface area contributed by atoms with Gasteiger partial charge in [0, 0.05) is 18.5 Å². The van der Waals surface area contributed by atoms with Crippen molar-refractivity contribution in [1.82, 2.24) is 5.32 Å². The second kappa shape index (κ2) is 6.33. The molecule has 1 unspecified atom stereocenters. The van der Waals surface area contributed by atoms with E-state index in [1.54, 1.807) is 0 Å². The van der Waals surface area contributed by atoms with Crippen LogP contribution < -0.4 is 11.1 Å². The standard InChI is InChI=1S/C10H21F3N2/c1-3-9(2,14)8-15-7-5-4-6-10(11,12)13/h15H,3-8,14H2,1-2H3. The summed E-state index contributed by atoms with van der Waals surface area (Å²) < 4.78 is 35.3. The lowest BCUT2D eigenvalue weighted by Crippen LogP contribution is -2.45. The van der Waals surface area contributed by atoms with Crippen molar-refractivity contribution in [3.8, 4) is 0 Å². The summed E-state index contributed by atoms with van der Waals surface area (Å²) in [5, 5.41) is 3.07. The van der Waals surface area contributed by atoms with Gasteiger partial charge in [-0.05, 0) is 32.7 Å². The molecule has 3 N–H and O–H groups in total. The van der Waals surface area contributed by atoms with Crippen LogP contribution in [0.1, 0.15) is 39.5 Å². The largest absolute Gasteiger partial charge is 0.389 e. The van der Waals surface area contributed by atoms with Gasteiger partial charge < -0.3 is 11.1 Å². The predicted octanol–water partition coefficient (Wildman–Crippen LogP) is 2.44. The van der Waals surface area contributed by atoms with Crippen molar-refractivity contribution >= 4 is 0 Å². The summed E-state index contributed by atoms with van der Waals surface area (Å²) in [7, 11) is 0. The molecule has 0 saturated heterocycles. The number of halogens is 3. The van der Waals surface area contributed by atoms with E-state index in [9.17, 15) is 13.2 Å². The quantitative estimate of drug-likeness (QED) is 0.654. The Bertz CT molecular complexity index is 167. The summed E-state index contributed by atoms with van der Waals surface area (Å²) in [4.78, 5) is 0. The fourth-order valence-electron chi connectivity index (χ4n) is 1.07. The van der Waals surface area contributed by atoms with Crippen molar-refractivity contribution in [3.63, 3.8) is 0 Å². The van der Waals surface area contributed by atoms with Gasteiger partial charge in [-0.1, -0.05) is 6.92 Å². The molecule has 0 aromatic rings. The summed E-state index contributed by atoms with van der Waals surface area (Å²) in [6.07, 6.45) is -3.14. The minimum atomic E-state index is -4.02. The predicted molar refractivity (Wildman–Crippen MR) is 55.7 cm³/mol. The summed E-state index contributed by atoms with van der Waals surface area (Å²) in [6.45, 7) is 5.17. The second-order valence-corrected chi connectivity index (χ2v) is 4.26. The lowest BCUT2D eigenvalue weighted by Gasteiger charge is -2.23. The highest BCUT2D eigenvalue weighted by molar-refractivity contribution is 4.78. The van der Waals surface area contributed by atoms with Crippen LogP contribution in [0.3, 0.4) is 0 Å². The highest BCUT2D eigenvalue weighted by Crippen LogP contribution is 2.21. The molecule has 0 aliphatic carbocycles. The summed E-state index contributed by atoms with van der Waals surface area (Å²) >= 11 is 0. The van der Waals surface area contributed by atoms with E-state index in [1.165, 1.54) is 0 Å². The van der Waals surface area contributed by atoms with Gasteiger partial charge in [-0.25, -0.2) is 0 Å². The van der Waals surface area contributed by atoms with E-state index in [2.05, 4.69) is 5.32 Å². The van der Waals surface area contributed by atoms with Crippen LogP contribution in [0, 0.1) is 0 Å². The van der Waals surface area contributed by atoms with Crippen LogP contribution in [0.15, 0.2) is 0 Å². The molecule has 0 heterocycles. The van der Waals surface area contributed by atoms with Gasteiger partial charge in [0.1, 0.15) is 0 Å². The van der Waals surface area contributed by atoms with Crippen LogP contribution >= 0.6 is 0 Å². The van der Waals surface area contributed by atoms with Crippen LogP contribution in [-0.4, -0.2) is 24.8 Å². The molecule has 0 aliphatic rings. The normalized spacial score (nSPS) is 16.4. The fraction of sp³-hybridized carbons (Fsp3) is 1.00. The van der Waals surface area contributed by atoms with E-state index in [-0.39, 0.29) is 12.0 Å². The number of hydrogen-bond acceptors (Lipinski definition) is 2. The summed E-state index contributed by atoms with van der Waals surface area (Å²) in [5.41, 5.74) is 5.60. The van der Waals surface area contributed by atoms with Crippen molar-refractivity contribution in [2.75, 3.05) is 13.1 Å². The molecule has 0 fully saturated rings. The second-order valence-electron chi connectivity index (χ2n) is 4.26. The number of rotatable bonds is 7. The zero-order valence-electron chi connectivity index (χ0n) is 9.45. The SMILES string of the molecule is CCC(C)(N)CNCCCCC(F)(F)F. The molecule has 15 heavy (non-hydrogen) atoms. The average Bonchev–Trinajstić information content (AvgIpc) is 2.09. The van der Waals surface area contributed by atoms with E-state index >= 15 is 0 Å². The fourth-order valence-corrected chi connectivity index (χ4v) is 1.07. The van der Waals surface area contributed by atoms with Crippen molar-refractivity contribution in [3.05, 3.63) is 0 Å². The molecule has 0 spiro atoms. The third kappa shape index (κ3) is 10.0. The van der Waals surface area contributed by atoms with Gasteiger partial charge in [-0.3, -0.25) is 0 Å². The Labute approximate surface area is 89.4 Å². The maximum absolute atomic E-state index is 11.8. The van der Waals surface area contributed by atoms with Crippen molar-refractivity contribution in [2.24, 2.45) is 5.73 Å². The first-order chi connectivity index (χ1) is 6.77. The molecular weight excluding hydrogens is 205 g/mol. The van der Waals surface area contributed by atoms with Crippen LogP contribution in [0.4, 0.5) is 13.2 Å². The van der Waals surface area contributed by atoms with Gasteiger partial charge in [0.25, 0.3) is 0 Å². The van der Waals surface area contributed by atoms with Crippen molar-refractivity contribution < 1.29 is 13.2 Å². The minimum absolute atomic E-state index is 0.184. The van der Waals surface area contributed by atoms with E-state index in [0.717, 1.165) is 6.42 Å². The zero-order chi connectivity index (χ0) is 11.9. The maximum atomic E-state index is 11.8. The van der Waals surface area contributed by atoms with Crippen LogP contribution in [-0.2, 0) is 0 Å². The van der Waals surface area contributed by atoms with Gasteiger partial charge >= 0.3 is 6.18 Å². The Hall–Kier alpha value is -0.290. The Morgan fingerprint density at radius 2 is 1.80 bits per heavy atom. The Morgan fingerprint density at radius 1 is 1.20 bits per heavy atom. The third-order valence-electron chi connectivity index (χ3n) is 2.40. The molecule has 0 bridgehead atoms. The first-order valence-electron chi connectivity index (χ1n) is 5.33. The van der Waals surface area contributed by atoms with Gasteiger partial charge in [0.15, 0.2) is 0 Å². The van der Waals surface area contributed by atoms with E-state index in [1.807, 2.05) is 13.8 Å². The molecule has 0 saturated carbocycles. The molecule has 0 rings (SSSR count). The summed E-state index contributed by atoms with van der Waals surface area (Å²) in [5.74, 6) is 0. The van der Waals surface area contributed by atoms with Gasteiger partial charge in [0.2, 0.25) is 0 Å². The molecule has 2 nitrogen and oxygen atoms in total. The van der Waals surface area contributed by atoms with E-state index in [0.29, 0.717) is 19.5 Å². The molecule has 0 amide bonds. The lowest BCUT2D eigenvalue weighted by atomic mass is 10.0. The highest BCUT2D eigenvalue weighted by atomic mass is 19.4. The molecule has 0 aromatic heterocycles. The molecule has 1 atom stereocenters. The van der Waals surface area contributed by atoms with Gasteiger partial charge in [-0.15, -0.1) is 0 Å². The number of hydrogen-bond donors (Lipinski definition) is 2. The van der Waals surface area contributed by atoms with Gasteiger partial charge in [-0.2, -0.15) is 13.2 Å². The Morgan fingerprint density at radius 3 is 2.27 bits per heavy atom. The molecule has 5 heteroatoms. The van der Waals surface area contributed by atoms with Crippen LogP contribution in [0.2, 0.25) is 0 Å². The number of unbranched alkanes of at least 4 members (excludes halogenated alkanes) is 1. The van der Waals surface area contributed by atoms with Crippen LogP contribution in [0.5, 0.6) is 0 Å². The topological polar surface area (TPSA) is 38.0 Å². The zero-order valence-corrected chi connectivity index (χ0v) is 9.45. The number of nitrogens with two attached hydrogens (primary N) is 1. The minimum Gasteiger partial charge on any atom is -0.324 e. The number of nitrogens with one attached hydrogen (secondary N) is 1. The van der Waals surface area contributed by atoms with Crippen molar-refractivity contribution in [2.45, 2.75) is 51.2 Å². The van der Waals surface area contributed by atoms with Crippen molar-refractivity contribution in [1.29, 1.82) is 0 Å². The molecule has 0 radical (unpaired) electrons. The number of alkyl halides is 3. The van der Waals surface area contributed by atoms with E-state index in [4.69, 9.17) is 5.73 Å². The molecule has 92 valence electrons. The van der Waals surface area contributed by atoms with E-state index < -0.39 is 12.6 Å². The molecule has 0 aliphatic heterocycles. The monoisotopic (exact) mass is 226 g/mol. The third-order valence-corrected chi connectivity index (χ3v) is 2.40. The first kappa shape index (κ1) is 14.7. The molecule has 0 aromatic carbocycles. The van der Waals surface area contributed by atoms with Gasteiger partial charge in [0.05, 0.1) is 0 Å². The maximum Gasteiger partial charge on any atom is 0.389 e. The van der Waals surface area contributed by atoms with Crippen LogP contribution in [0.25, 0.3) is 0 Å². The summed E-state index contributed by atoms with van der Waals surface area (Å²) in [6, 6.07) is 0. The highest BCUT2D eigenvalue weighted by Gasteiger charge is 2.25. The Balaban J connectivity index is 3.33. The lowest BCUT2D eigenvalue weighted by molar-refractivity contribution is -0.135. The molecular formula is C10H21F3N2.